The third kappa shape index (κ3) is 5.01. The van der Waals surface area contributed by atoms with Crippen molar-refractivity contribution in [1.82, 2.24) is 15.1 Å². The van der Waals surface area contributed by atoms with E-state index in [0.717, 1.165) is 25.0 Å². The molecule has 2 heterocycles. The molecule has 0 bridgehead atoms. The number of hydrogen-bond donors (Lipinski definition) is 2. The summed E-state index contributed by atoms with van der Waals surface area (Å²) in [6.45, 7) is 1.02. The molecular weight excluding hydrogens is 433 g/mol. The van der Waals surface area contributed by atoms with Gasteiger partial charge in [-0.25, -0.2) is 12.8 Å². The van der Waals surface area contributed by atoms with E-state index >= 15 is 0 Å². The quantitative estimate of drug-likeness (QED) is 0.622. The van der Waals surface area contributed by atoms with Crippen LogP contribution in [-0.4, -0.2) is 43.9 Å². The van der Waals surface area contributed by atoms with Gasteiger partial charge < -0.3 is 5.32 Å². The van der Waals surface area contributed by atoms with E-state index in [-0.39, 0.29) is 23.9 Å². The zero-order valence-electron chi connectivity index (χ0n) is 17.6. The predicted octanol–water partition coefficient (Wildman–Crippen LogP) is 2.52. The first kappa shape index (κ1) is 22.4. The van der Waals surface area contributed by atoms with Crippen molar-refractivity contribution in [3.63, 3.8) is 0 Å². The maximum atomic E-state index is 13.1. The van der Waals surface area contributed by atoms with E-state index in [0.29, 0.717) is 25.1 Å². The van der Waals surface area contributed by atoms with Gasteiger partial charge in [-0.3, -0.25) is 15.1 Å². The molecule has 1 fully saturated rings. The molecule has 2 aromatic carbocycles. The van der Waals surface area contributed by atoms with Gasteiger partial charge in [-0.2, -0.15) is 4.31 Å². The number of carbonyl (C=O) groups is 1. The smallest absolute Gasteiger partial charge is 0.269 e. The van der Waals surface area contributed by atoms with Crippen LogP contribution < -0.4 is 10.8 Å². The monoisotopic (exact) mass is 459 g/mol. The highest BCUT2D eigenvalue weighted by Crippen LogP contribution is 2.33. The fourth-order valence-electron chi connectivity index (χ4n) is 3.93. The van der Waals surface area contributed by atoms with E-state index in [1.54, 1.807) is 6.08 Å². The summed E-state index contributed by atoms with van der Waals surface area (Å²) in [6, 6.07) is 14.9. The maximum Gasteiger partial charge on any atom is 0.269 e. The zero-order chi connectivity index (χ0) is 22.6. The lowest BCUT2D eigenvalue weighted by molar-refractivity contribution is -0.120. The number of piperidine rings is 1. The van der Waals surface area contributed by atoms with Gasteiger partial charge in [-0.1, -0.05) is 30.3 Å². The second-order valence-corrected chi connectivity index (χ2v) is 9.97. The number of nitrogens with zero attached hydrogens (tertiary/aromatic N) is 1. The first-order valence-electron chi connectivity index (χ1n) is 10.6. The van der Waals surface area contributed by atoms with Gasteiger partial charge in [0.2, 0.25) is 10.0 Å². The van der Waals surface area contributed by atoms with Gasteiger partial charge in [0, 0.05) is 19.6 Å². The Morgan fingerprint density at radius 2 is 1.78 bits per heavy atom. The molecule has 2 aromatic rings. The van der Waals surface area contributed by atoms with Crippen molar-refractivity contribution in [2.75, 3.05) is 19.6 Å². The second kappa shape index (κ2) is 9.40. The summed E-state index contributed by atoms with van der Waals surface area (Å²) in [4.78, 5) is 18.2. The molecule has 7 nitrogen and oxygen atoms in total. The summed E-state index contributed by atoms with van der Waals surface area (Å²) in [5, 5.41) is 2.89. The number of aryl methyl sites for hydroxylation is 1. The van der Waals surface area contributed by atoms with Gasteiger partial charge in [0.15, 0.2) is 0 Å². The Bertz CT molecular complexity index is 1080. The molecule has 0 radical (unpaired) electrons. The van der Waals surface area contributed by atoms with Crippen molar-refractivity contribution in [3.05, 3.63) is 77.8 Å². The lowest BCUT2D eigenvalue weighted by atomic mass is 9.92. The van der Waals surface area contributed by atoms with Gasteiger partial charge in [-0.05, 0) is 61.6 Å². The molecule has 1 amide bonds. The van der Waals surface area contributed by atoms with Crippen LogP contribution in [0.25, 0.3) is 0 Å². The van der Waals surface area contributed by atoms with E-state index < -0.39 is 21.4 Å². The molecule has 2 N–H and O–H groups in total. The molecule has 2 aliphatic heterocycles. The summed E-state index contributed by atoms with van der Waals surface area (Å²) in [7, 11) is -3.70. The van der Waals surface area contributed by atoms with E-state index in [4.69, 9.17) is 4.84 Å². The number of amides is 1. The van der Waals surface area contributed by atoms with Crippen molar-refractivity contribution in [1.29, 1.82) is 0 Å². The Labute approximate surface area is 187 Å². The highest BCUT2D eigenvalue weighted by Gasteiger charge is 2.42. The molecule has 0 aliphatic carbocycles. The molecule has 1 saturated heterocycles. The number of rotatable bonds is 7. The number of halogens is 1. The summed E-state index contributed by atoms with van der Waals surface area (Å²) in [5.74, 6) is -0.723. The fraction of sp³-hybridized carbons (Fsp3) is 0.348. The van der Waals surface area contributed by atoms with Gasteiger partial charge in [0.25, 0.3) is 5.91 Å². The van der Waals surface area contributed by atoms with Crippen LogP contribution in [0.3, 0.4) is 0 Å². The Hall–Kier alpha value is -2.75. The van der Waals surface area contributed by atoms with E-state index in [1.807, 2.05) is 18.2 Å². The average molecular weight is 460 g/mol. The Morgan fingerprint density at radius 1 is 1.09 bits per heavy atom. The lowest BCUT2D eigenvalue weighted by Crippen LogP contribution is -2.46. The van der Waals surface area contributed by atoms with Crippen LogP contribution in [0.4, 0.5) is 4.39 Å². The first-order valence-corrected chi connectivity index (χ1v) is 12.1. The van der Waals surface area contributed by atoms with Gasteiger partial charge in [0.1, 0.15) is 17.1 Å². The van der Waals surface area contributed by atoms with Gasteiger partial charge >= 0.3 is 0 Å². The molecule has 32 heavy (non-hydrogen) atoms. The molecule has 0 atom stereocenters. The highest BCUT2D eigenvalue weighted by molar-refractivity contribution is 7.89. The minimum absolute atomic E-state index is 0.0615. The fourth-order valence-corrected chi connectivity index (χ4v) is 5.37. The normalized spacial score (nSPS) is 18.2. The number of hydrogen-bond acceptors (Lipinski definition) is 5. The SMILES string of the molecule is O=C(NCCCc1ccccc1)C1=CC2(CCN(S(=O)(=O)c3ccc(F)cc3)CC2)ON1. The number of hydroxylamine groups is 1. The molecule has 0 saturated carbocycles. The zero-order valence-corrected chi connectivity index (χ0v) is 18.4. The molecular formula is C23H26FN3O4S. The lowest BCUT2D eigenvalue weighted by Gasteiger charge is -2.35. The summed E-state index contributed by atoms with van der Waals surface area (Å²) < 4.78 is 40.1. The van der Waals surface area contributed by atoms with Crippen LogP contribution >= 0.6 is 0 Å². The van der Waals surface area contributed by atoms with Crippen LogP contribution in [0.15, 0.2) is 71.3 Å². The molecule has 0 aromatic heterocycles. The third-order valence-electron chi connectivity index (χ3n) is 5.81. The molecule has 2 aliphatic rings. The van der Waals surface area contributed by atoms with Crippen molar-refractivity contribution in [3.8, 4) is 0 Å². The van der Waals surface area contributed by atoms with Gasteiger partial charge in [-0.15, -0.1) is 0 Å². The van der Waals surface area contributed by atoms with Crippen LogP contribution in [0, 0.1) is 5.82 Å². The predicted molar refractivity (Wildman–Crippen MR) is 117 cm³/mol. The molecule has 4 rings (SSSR count). The Kier molecular flexibility index (Phi) is 6.59. The first-order chi connectivity index (χ1) is 15.4. The van der Waals surface area contributed by atoms with Crippen molar-refractivity contribution in [2.45, 2.75) is 36.2 Å². The van der Waals surface area contributed by atoms with E-state index in [9.17, 15) is 17.6 Å². The minimum Gasteiger partial charge on any atom is -0.351 e. The standard InChI is InChI=1S/C23H26FN3O4S/c24-19-8-10-20(11-9-19)32(29,30)27-15-12-23(13-16-27)17-21(26-31-23)22(28)25-14-4-7-18-5-2-1-3-6-18/h1-3,5-6,8-11,17,26H,4,7,12-16H2,(H,25,28). The van der Waals surface area contributed by atoms with Crippen LogP contribution in [0.1, 0.15) is 24.8 Å². The third-order valence-corrected chi connectivity index (χ3v) is 7.72. The minimum atomic E-state index is -3.70. The molecule has 170 valence electrons. The topological polar surface area (TPSA) is 87.7 Å². The second-order valence-electron chi connectivity index (χ2n) is 8.03. The number of carbonyl (C=O) groups excluding carboxylic acids is 1. The van der Waals surface area contributed by atoms with Crippen molar-refractivity contribution < 1.29 is 22.4 Å². The Balaban J connectivity index is 1.29. The number of nitrogens with one attached hydrogen (secondary N) is 2. The van der Waals surface area contributed by atoms with Gasteiger partial charge in [0.05, 0.1) is 4.90 Å². The highest BCUT2D eigenvalue weighted by atomic mass is 32.2. The van der Waals surface area contributed by atoms with Crippen molar-refractivity contribution >= 4 is 15.9 Å². The molecule has 9 heteroatoms. The summed E-state index contributed by atoms with van der Waals surface area (Å²) in [6.07, 6.45) is 4.27. The molecule has 1 spiro atoms. The van der Waals surface area contributed by atoms with E-state index in [2.05, 4.69) is 22.9 Å². The van der Waals surface area contributed by atoms with E-state index in [1.165, 1.54) is 22.0 Å². The molecule has 0 unspecified atom stereocenters. The van der Waals surface area contributed by atoms with Crippen LogP contribution in [0.2, 0.25) is 0 Å². The van der Waals surface area contributed by atoms with Crippen molar-refractivity contribution in [2.24, 2.45) is 0 Å². The van der Waals surface area contributed by atoms with Crippen LogP contribution in [-0.2, 0) is 26.1 Å². The summed E-state index contributed by atoms with van der Waals surface area (Å²) in [5.41, 5.74) is 3.56. The maximum absolute atomic E-state index is 13.1. The average Bonchev–Trinajstić information content (AvgIpc) is 3.21. The summed E-state index contributed by atoms with van der Waals surface area (Å²) >= 11 is 0. The van der Waals surface area contributed by atoms with Crippen LogP contribution in [0.5, 0.6) is 0 Å². The largest absolute Gasteiger partial charge is 0.351 e. The number of benzene rings is 2. The Morgan fingerprint density at radius 3 is 2.47 bits per heavy atom. The number of sulfonamides is 1.